The summed E-state index contributed by atoms with van der Waals surface area (Å²) in [5, 5.41) is 8.13. The molecule has 0 saturated carbocycles. The molecule has 0 saturated heterocycles. The summed E-state index contributed by atoms with van der Waals surface area (Å²) in [7, 11) is 0. The van der Waals surface area contributed by atoms with Gasteiger partial charge in [-0.25, -0.2) is 0 Å². The molecular formula is C16H19N3. The highest BCUT2D eigenvalue weighted by Gasteiger charge is 1.92. The Bertz CT molecular complexity index is 527. The number of benzene rings is 2. The second kappa shape index (κ2) is 6.69. The van der Waals surface area contributed by atoms with E-state index in [-0.39, 0.29) is 0 Å². The van der Waals surface area contributed by atoms with Crippen molar-refractivity contribution in [2.45, 2.75) is 26.7 Å². The third kappa shape index (κ3) is 3.91. The van der Waals surface area contributed by atoms with E-state index in [2.05, 4.69) is 53.9 Å². The van der Waals surface area contributed by atoms with Gasteiger partial charge in [-0.3, -0.25) is 5.43 Å². The monoisotopic (exact) mass is 253 g/mol. The zero-order valence-electron chi connectivity index (χ0n) is 11.4. The number of nitrogens with one attached hydrogen (secondary N) is 1. The summed E-state index contributed by atoms with van der Waals surface area (Å²) in [5.74, 6) is 0. The fourth-order valence-corrected chi connectivity index (χ4v) is 1.75. The molecule has 0 aromatic heterocycles. The smallest absolute Gasteiger partial charge is 0.0874 e. The third-order valence-electron chi connectivity index (χ3n) is 3.05. The molecule has 0 atom stereocenters. The quantitative estimate of drug-likeness (QED) is 0.595. The van der Waals surface area contributed by atoms with Crippen LogP contribution in [-0.2, 0) is 12.8 Å². The van der Waals surface area contributed by atoms with Crippen LogP contribution in [0, 0.1) is 0 Å². The highest BCUT2D eigenvalue weighted by molar-refractivity contribution is 5.44. The molecule has 2 rings (SSSR count). The molecule has 19 heavy (non-hydrogen) atoms. The fourth-order valence-electron chi connectivity index (χ4n) is 1.75. The molecular weight excluding hydrogens is 234 g/mol. The zero-order valence-corrected chi connectivity index (χ0v) is 11.4. The topological polar surface area (TPSA) is 36.8 Å². The molecule has 3 nitrogen and oxygen atoms in total. The maximum atomic E-state index is 4.13. The van der Waals surface area contributed by atoms with Gasteiger partial charge in [0.2, 0.25) is 0 Å². The highest BCUT2D eigenvalue weighted by atomic mass is 15.4. The lowest BCUT2D eigenvalue weighted by molar-refractivity contribution is 1.11. The Kier molecular flexibility index (Phi) is 4.67. The van der Waals surface area contributed by atoms with Gasteiger partial charge in [-0.2, -0.15) is 0 Å². The van der Waals surface area contributed by atoms with Gasteiger partial charge < -0.3 is 0 Å². The van der Waals surface area contributed by atoms with Gasteiger partial charge in [0.1, 0.15) is 0 Å². The molecule has 2 aromatic rings. The van der Waals surface area contributed by atoms with Crippen molar-refractivity contribution in [1.29, 1.82) is 0 Å². The lowest BCUT2D eigenvalue weighted by Crippen LogP contribution is -1.87. The second-order valence-corrected chi connectivity index (χ2v) is 4.38. The Balaban J connectivity index is 1.94. The fraction of sp³-hybridized carbons (Fsp3) is 0.250. The van der Waals surface area contributed by atoms with Gasteiger partial charge in [-0.15, -0.1) is 5.11 Å². The second-order valence-electron chi connectivity index (χ2n) is 4.38. The van der Waals surface area contributed by atoms with E-state index in [1.807, 2.05) is 24.3 Å². The van der Waals surface area contributed by atoms with E-state index in [1.54, 1.807) is 0 Å². The molecule has 0 aliphatic heterocycles. The van der Waals surface area contributed by atoms with Crippen molar-refractivity contribution < 1.29 is 0 Å². The Labute approximate surface area is 114 Å². The molecule has 98 valence electrons. The van der Waals surface area contributed by atoms with E-state index in [1.165, 1.54) is 11.1 Å². The molecule has 0 unspecified atom stereocenters. The van der Waals surface area contributed by atoms with E-state index < -0.39 is 0 Å². The Hall–Kier alpha value is -2.16. The summed E-state index contributed by atoms with van der Waals surface area (Å²) in [5.41, 5.74) is 7.36. The third-order valence-corrected chi connectivity index (χ3v) is 3.05. The van der Waals surface area contributed by atoms with Crippen LogP contribution in [0.4, 0.5) is 11.4 Å². The SMILES string of the molecule is CCc1ccc(N=NNc2ccc(CC)cc2)cc1. The van der Waals surface area contributed by atoms with E-state index in [0.29, 0.717) is 0 Å². The van der Waals surface area contributed by atoms with E-state index >= 15 is 0 Å². The van der Waals surface area contributed by atoms with Crippen molar-refractivity contribution >= 4 is 11.4 Å². The van der Waals surface area contributed by atoms with Crippen LogP contribution in [-0.4, -0.2) is 0 Å². The maximum absolute atomic E-state index is 4.13. The summed E-state index contributed by atoms with van der Waals surface area (Å²) < 4.78 is 0. The molecule has 0 amide bonds. The van der Waals surface area contributed by atoms with Crippen LogP contribution in [0.25, 0.3) is 0 Å². The summed E-state index contributed by atoms with van der Waals surface area (Å²) in [6.07, 6.45) is 2.09. The molecule has 0 aliphatic rings. The van der Waals surface area contributed by atoms with Gasteiger partial charge in [0.25, 0.3) is 0 Å². The standard InChI is InChI=1S/C16H19N3/c1-3-13-5-9-15(10-6-13)17-19-18-16-11-7-14(4-2)8-12-16/h5-12H,3-4H2,1-2H3,(H,17,18). The average Bonchev–Trinajstić information content (AvgIpc) is 2.49. The summed E-state index contributed by atoms with van der Waals surface area (Å²) >= 11 is 0. The van der Waals surface area contributed by atoms with E-state index in [0.717, 1.165) is 24.2 Å². The first-order valence-corrected chi connectivity index (χ1v) is 6.66. The van der Waals surface area contributed by atoms with Crippen molar-refractivity contribution in [3.8, 4) is 0 Å². The molecule has 0 spiro atoms. The first kappa shape index (κ1) is 13.3. The number of aryl methyl sites for hydroxylation is 2. The Morgan fingerprint density at radius 3 is 1.84 bits per heavy atom. The van der Waals surface area contributed by atoms with Gasteiger partial charge in [0, 0.05) is 0 Å². The van der Waals surface area contributed by atoms with Gasteiger partial charge >= 0.3 is 0 Å². The molecule has 0 aliphatic carbocycles. The van der Waals surface area contributed by atoms with Crippen LogP contribution >= 0.6 is 0 Å². The number of hydrogen-bond acceptors (Lipinski definition) is 2. The van der Waals surface area contributed by atoms with Crippen LogP contribution in [0.1, 0.15) is 25.0 Å². The number of hydrogen-bond donors (Lipinski definition) is 1. The van der Waals surface area contributed by atoms with Crippen molar-refractivity contribution in [2.24, 2.45) is 10.3 Å². The van der Waals surface area contributed by atoms with Crippen LogP contribution in [0.5, 0.6) is 0 Å². The maximum Gasteiger partial charge on any atom is 0.0874 e. The van der Waals surface area contributed by atoms with Crippen LogP contribution < -0.4 is 5.43 Å². The lowest BCUT2D eigenvalue weighted by Gasteiger charge is -2.01. The normalized spacial score (nSPS) is 10.8. The van der Waals surface area contributed by atoms with Gasteiger partial charge in [0.05, 0.1) is 11.4 Å². The molecule has 2 aromatic carbocycles. The number of anilines is 1. The summed E-state index contributed by atoms with van der Waals surface area (Å²) in [6.45, 7) is 4.28. The molecule has 1 N–H and O–H groups in total. The van der Waals surface area contributed by atoms with Crippen molar-refractivity contribution in [2.75, 3.05) is 5.43 Å². The lowest BCUT2D eigenvalue weighted by atomic mass is 10.2. The van der Waals surface area contributed by atoms with Crippen LogP contribution in [0.15, 0.2) is 58.9 Å². The Morgan fingerprint density at radius 1 is 0.789 bits per heavy atom. The summed E-state index contributed by atoms with van der Waals surface area (Å²) in [4.78, 5) is 0. The Morgan fingerprint density at radius 2 is 1.32 bits per heavy atom. The number of rotatable bonds is 5. The average molecular weight is 253 g/mol. The first-order valence-electron chi connectivity index (χ1n) is 6.66. The number of nitrogens with zero attached hydrogens (tertiary/aromatic N) is 2. The minimum atomic E-state index is 0.856. The van der Waals surface area contributed by atoms with Crippen LogP contribution in [0.2, 0.25) is 0 Å². The zero-order chi connectivity index (χ0) is 13.5. The van der Waals surface area contributed by atoms with Gasteiger partial charge in [-0.05, 0) is 48.2 Å². The molecule has 0 heterocycles. The van der Waals surface area contributed by atoms with Crippen molar-refractivity contribution in [3.63, 3.8) is 0 Å². The highest BCUT2D eigenvalue weighted by Crippen LogP contribution is 2.15. The minimum absolute atomic E-state index is 0.856. The van der Waals surface area contributed by atoms with Gasteiger partial charge in [-0.1, -0.05) is 43.3 Å². The minimum Gasteiger partial charge on any atom is -0.260 e. The summed E-state index contributed by atoms with van der Waals surface area (Å²) in [6, 6.07) is 16.3. The van der Waals surface area contributed by atoms with Crippen LogP contribution in [0.3, 0.4) is 0 Å². The van der Waals surface area contributed by atoms with E-state index in [4.69, 9.17) is 0 Å². The van der Waals surface area contributed by atoms with Crippen molar-refractivity contribution in [3.05, 3.63) is 59.7 Å². The largest absolute Gasteiger partial charge is 0.260 e. The molecule has 0 bridgehead atoms. The predicted molar refractivity (Wildman–Crippen MR) is 79.8 cm³/mol. The first-order chi connectivity index (χ1) is 9.31. The van der Waals surface area contributed by atoms with E-state index in [9.17, 15) is 0 Å². The molecule has 0 radical (unpaired) electrons. The van der Waals surface area contributed by atoms with Crippen molar-refractivity contribution in [1.82, 2.24) is 0 Å². The molecule has 3 heteroatoms. The molecule has 0 fully saturated rings. The van der Waals surface area contributed by atoms with Gasteiger partial charge in [0.15, 0.2) is 0 Å². The predicted octanol–water partition coefficient (Wildman–Crippen LogP) is 4.92.